The van der Waals surface area contributed by atoms with E-state index in [9.17, 15) is 4.79 Å². The summed E-state index contributed by atoms with van der Waals surface area (Å²) >= 11 is 6.13. The van der Waals surface area contributed by atoms with Crippen LogP contribution in [0.1, 0.15) is 24.2 Å². The first kappa shape index (κ1) is 20.2. The Morgan fingerprint density at radius 3 is 2.25 bits per heavy atom. The summed E-state index contributed by atoms with van der Waals surface area (Å²) in [5.74, 6) is 1.59. The molecule has 28 heavy (non-hydrogen) atoms. The number of carbonyl (C=O) groups is 1. The number of aryl methyl sites for hydroxylation is 2. The highest BCUT2D eigenvalue weighted by molar-refractivity contribution is 6.32. The first-order chi connectivity index (χ1) is 13.4. The van der Waals surface area contributed by atoms with Crippen molar-refractivity contribution in [2.45, 2.75) is 26.7 Å². The molecule has 1 aliphatic rings. The number of nitrogens with zero attached hydrogens (tertiary/aromatic N) is 3. The minimum absolute atomic E-state index is 0.0383. The molecular weight excluding hydrogens is 380 g/mol. The van der Waals surface area contributed by atoms with Crippen LogP contribution in [-0.4, -0.2) is 43.2 Å². The molecule has 0 aliphatic carbocycles. The van der Waals surface area contributed by atoms with Gasteiger partial charge in [0.2, 0.25) is 11.9 Å². The molecule has 8 heteroatoms. The maximum Gasteiger partial charge on any atom is 0.227 e. The lowest BCUT2D eigenvalue weighted by atomic mass is 9.96. The Morgan fingerprint density at radius 1 is 1.07 bits per heavy atom. The van der Waals surface area contributed by atoms with Gasteiger partial charge in [0.05, 0.1) is 24.9 Å². The lowest BCUT2D eigenvalue weighted by molar-refractivity contribution is -0.120. The van der Waals surface area contributed by atoms with Gasteiger partial charge in [0.25, 0.3) is 0 Å². The van der Waals surface area contributed by atoms with Gasteiger partial charge in [0.15, 0.2) is 0 Å². The van der Waals surface area contributed by atoms with Crippen LogP contribution in [0.25, 0.3) is 0 Å². The first-order valence-corrected chi connectivity index (χ1v) is 9.58. The lowest BCUT2D eigenvalue weighted by Crippen LogP contribution is -2.39. The first-order valence-electron chi connectivity index (χ1n) is 9.21. The number of rotatable bonds is 5. The molecule has 3 rings (SSSR count). The standard InChI is InChI=1S/C20H25ClN4O3/c1-12-9-13(2)23-20(22-12)25-7-5-14(6-8-25)19(26)24-16-11-17(27-3)15(21)10-18(16)28-4/h9-11,14H,5-8H2,1-4H3,(H,24,26). The summed E-state index contributed by atoms with van der Waals surface area (Å²) in [7, 11) is 3.07. The van der Waals surface area contributed by atoms with E-state index in [4.69, 9.17) is 21.1 Å². The van der Waals surface area contributed by atoms with Crippen molar-refractivity contribution < 1.29 is 14.3 Å². The minimum Gasteiger partial charge on any atom is -0.495 e. The largest absolute Gasteiger partial charge is 0.495 e. The SMILES string of the molecule is COc1cc(NC(=O)C2CCN(c3nc(C)cc(C)n3)CC2)c(OC)cc1Cl. The molecule has 2 heterocycles. The van der Waals surface area contributed by atoms with Gasteiger partial charge in [-0.25, -0.2) is 9.97 Å². The van der Waals surface area contributed by atoms with Crippen LogP contribution >= 0.6 is 11.6 Å². The van der Waals surface area contributed by atoms with Crippen molar-refractivity contribution in [3.63, 3.8) is 0 Å². The number of aromatic nitrogens is 2. The summed E-state index contributed by atoms with van der Waals surface area (Å²) in [6, 6.07) is 5.27. The smallest absolute Gasteiger partial charge is 0.227 e. The normalized spacial score (nSPS) is 14.7. The van der Waals surface area contributed by atoms with Crippen LogP contribution < -0.4 is 19.7 Å². The zero-order valence-electron chi connectivity index (χ0n) is 16.6. The van der Waals surface area contributed by atoms with E-state index in [2.05, 4.69) is 20.2 Å². The number of anilines is 2. The fourth-order valence-corrected chi connectivity index (χ4v) is 3.61. The van der Waals surface area contributed by atoms with E-state index in [1.807, 2.05) is 19.9 Å². The van der Waals surface area contributed by atoms with Gasteiger partial charge >= 0.3 is 0 Å². The molecule has 0 atom stereocenters. The second kappa shape index (κ2) is 8.65. The molecule has 1 aromatic carbocycles. The van der Waals surface area contributed by atoms with Crippen molar-refractivity contribution in [2.24, 2.45) is 5.92 Å². The quantitative estimate of drug-likeness (QED) is 0.820. The molecule has 0 unspecified atom stereocenters. The Bertz CT molecular complexity index is 847. The van der Waals surface area contributed by atoms with E-state index in [-0.39, 0.29) is 11.8 Å². The number of benzene rings is 1. The molecule has 0 spiro atoms. The van der Waals surface area contributed by atoms with E-state index < -0.39 is 0 Å². The molecule has 2 aromatic rings. The fraction of sp³-hybridized carbons (Fsp3) is 0.450. The van der Waals surface area contributed by atoms with Crippen LogP contribution in [0.4, 0.5) is 11.6 Å². The number of nitrogens with one attached hydrogen (secondary N) is 1. The van der Waals surface area contributed by atoms with Crippen molar-refractivity contribution in [3.05, 3.63) is 34.6 Å². The molecule has 0 saturated carbocycles. The van der Waals surface area contributed by atoms with Crippen molar-refractivity contribution in [1.29, 1.82) is 0 Å². The predicted molar refractivity (Wildman–Crippen MR) is 110 cm³/mol. The molecule has 0 radical (unpaired) electrons. The topological polar surface area (TPSA) is 76.6 Å². The molecule has 1 aliphatic heterocycles. The summed E-state index contributed by atoms with van der Waals surface area (Å²) in [6.45, 7) is 5.41. The number of hydrogen-bond donors (Lipinski definition) is 1. The maximum atomic E-state index is 12.8. The average Bonchev–Trinajstić information content (AvgIpc) is 2.68. The summed E-state index contributed by atoms with van der Waals surface area (Å²) in [6.07, 6.45) is 1.46. The highest BCUT2D eigenvalue weighted by atomic mass is 35.5. The molecule has 1 aromatic heterocycles. The third kappa shape index (κ3) is 4.47. The van der Waals surface area contributed by atoms with Gasteiger partial charge in [-0.05, 0) is 32.8 Å². The maximum absolute atomic E-state index is 12.8. The monoisotopic (exact) mass is 404 g/mol. The molecule has 150 valence electrons. The van der Waals surface area contributed by atoms with Crippen LogP contribution in [0.3, 0.4) is 0 Å². The van der Waals surface area contributed by atoms with Gasteiger partial charge < -0.3 is 19.7 Å². The van der Waals surface area contributed by atoms with Crippen LogP contribution in [0.5, 0.6) is 11.5 Å². The number of hydrogen-bond acceptors (Lipinski definition) is 6. The highest BCUT2D eigenvalue weighted by Gasteiger charge is 2.27. The van der Waals surface area contributed by atoms with Gasteiger partial charge in [-0.1, -0.05) is 11.6 Å². The summed E-state index contributed by atoms with van der Waals surface area (Å²) < 4.78 is 10.6. The molecular formula is C20H25ClN4O3. The van der Waals surface area contributed by atoms with E-state index in [1.165, 1.54) is 14.2 Å². The Morgan fingerprint density at radius 2 is 1.68 bits per heavy atom. The van der Waals surface area contributed by atoms with Gasteiger partial charge in [-0.15, -0.1) is 0 Å². The van der Waals surface area contributed by atoms with Crippen molar-refractivity contribution in [1.82, 2.24) is 9.97 Å². The van der Waals surface area contributed by atoms with Crippen molar-refractivity contribution in [2.75, 3.05) is 37.5 Å². The molecule has 7 nitrogen and oxygen atoms in total. The Balaban J connectivity index is 1.66. The molecule has 1 N–H and O–H groups in total. The number of halogens is 1. The van der Waals surface area contributed by atoms with Crippen LogP contribution in [0.15, 0.2) is 18.2 Å². The van der Waals surface area contributed by atoms with Gasteiger partial charge in [0, 0.05) is 42.5 Å². The Hall–Kier alpha value is -2.54. The van der Waals surface area contributed by atoms with Crippen molar-refractivity contribution >= 4 is 29.1 Å². The second-order valence-electron chi connectivity index (χ2n) is 6.89. The van der Waals surface area contributed by atoms with E-state index in [0.717, 1.165) is 43.3 Å². The number of carbonyl (C=O) groups excluding carboxylic acids is 1. The van der Waals surface area contributed by atoms with Crippen molar-refractivity contribution in [3.8, 4) is 11.5 Å². The molecule has 1 amide bonds. The predicted octanol–water partition coefficient (Wildman–Crippen LogP) is 3.62. The van der Waals surface area contributed by atoms with Crippen LogP contribution in [0.2, 0.25) is 5.02 Å². The fourth-order valence-electron chi connectivity index (χ4n) is 3.38. The average molecular weight is 405 g/mol. The highest BCUT2D eigenvalue weighted by Crippen LogP contribution is 2.36. The lowest BCUT2D eigenvalue weighted by Gasteiger charge is -2.31. The summed E-state index contributed by atoms with van der Waals surface area (Å²) in [5, 5.41) is 3.38. The van der Waals surface area contributed by atoms with Crippen LogP contribution in [0, 0.1) is 19.8 Å². The molecule has 0 bridgehead atoms. The van der Waals surface area contributed by atoms with E-state index >= 15 is 0 Å². The summed E-state index contributed by atoms with van der Waals surface area (Å²) in [4.78, 5) is 23.9. The molecule has 1 fully saturated rings. The van der Waals surface area contributed by atoms with Crippen LogP contribution in [-0.2, 0) is 4.79 Å². The number of piperidine rings is 1. The third-order valence-corrected chi connectivity index (χ3v) is 5.15. The number of ether oxygens (including phenoxy) is 2. The number of amides is 1. The van der Waals surface area contributed by atoms with Gasteiger partial charge in [-0.3, -0.25) is 4.79 Å². The summed E-state index contributed by atoms with van der Waals surface area (Å²) in [5.41, 5.74) is 2.45. The van der Waals surface area contributed by atoms with E-state index in [0.29, 0.717) is 22.2 Å². The minimum atomic E-state index is -0.0893. The van der Waals surface area contributed by atoms with E-state index in [1.54, 1.807) is 12.1 Å². The third-order valence-electron chi connectivity index (χ3n) is 4.85. The zero-order chi connectivity index (χ0) is 20.3. The second-order valence-corrected chi connectivity index (χ2v) is 7.30. The zero-order valence-corrected chi connectivity index (χ0v) is 17.3. The molecule has 1 saturated heterocycles. The number of methoxy groups -OCH3 is 2. The van der Waals surface area contributed by atoms with Gasteiger partial charge in [-0.2, -0.15) is 0 Å². The Kier molecular flexibility index (Phi) is 6.24. The van der Waals surface area contributed by atoms with Gasteiger partial charge in [0.1, 0.15) is 11.5 Å². The Labute approximate surface area is 170 Å².